The zero-order valence-electron chi connectivity index (χ0n) is 22.5. The van der Waals surface area contributed by atoms with E-state index in [9.17, 15) is 4.39 Å². The number of rotatable bonds is 8. The smallest absolute Gasteiger partial charge is 0.167 e. The van der Waals surface area contributed by atoms with Crippen molar-refractivity contribution in [2.45, 2.75) is 27.0 Å². The summed E-state index contributed by atoms with van der Waals surface area (Å²) in [5.74, 6) is 7.19. The number of benzene rings is 2. The van der Waals surface area contributed by atoms with E-state index in [0.29, 0.717) is 22.2 Å². The fraction of sp³-hybridized carbons (Fsp3) is 0.300. The van der Waals surface area contributed by atoms with Crippen molar-refractivity contribution in [1.29, 1.82) is 0 Å². The first kappa shape index (κ1) is 28.0. The average Bonchev–Trinajstić information content (AvgIpc) is 3.40. The van der Waals surface area contributed by atoms with Gasteiger partial charge in [0.05, 0.1) is 16.3 Å². The molecule has 1 aliphatic heterocycles. The van der Waals surface area contributed by atoms with Crippen LogP contribution in [0.1, 0.15) is 33.6 Å². The van der Waals surface area contributed by atoms with E-state index in [-0.39, 0.29) is 12.4 Å². The standard InChI is InChI=1S/C30H30ClFN6OS/c1-3-37-11-13-38(14-12-37)18-25-17-33-29(40-25)10-8-26-21(2)34-20-35-30(26)36-24-7-9-28(27(31)16-24)39-19-22-5-4-6-23(32)15-22/h4-7,9,15-17,20H,3,11-14,18-19H2,1-2H3,(H,34,35,36). The molecule has 40 heavy (non-hydrogen) atoms. The van der Waals surface area contributed by atoms with Crippen LogP contribution in [0.4, 0.5) is 15.9 Å². The van der Waals surface area contributed by atoms with E-state index in [2.05, 4.69) is 48.8 Å². The van der Waals surface area contributed by atoms with Gasteiger partial charge in [0.25, 0.3) is 0 Å². The minimum Gasteiger partial charge on any atom is -0.487 e. The van der Waals surface area contributed by atoms with Crippen LogP contribution in [-0.2, 0) is 13.2 Å². The van der Waals surface area contributed by atoms with E-state index in [4.69, 9.17) is 16.3 Å². The van der Waals surface area contributed by atoms with Crippen molar-refractivity contribution < 1.29 is 9.13 Å². The number of nitrogens with one attached hydrogen (secondary N) is 1. The topological polar surface area (TPSA) is 66.4 Å². The van der Waals surface area contributed by atoms with Gasteiger partial charge in [-0.05, 0) is 55.3 Å². The lowest BCUT2D eigenvalue weighted by Crippen LogP contribution is -2.45. The van der Waals surface area contributed by atoms with Gasteiger partial charge in [0.1, 0.15) is 30.3 Å². The van der Waals surface area contributed by atoms with Gasteiger partial charge >= 0.3 is 0 Å². The molecule has 0 amide bonds. The summed E-state index contributed by atoms with van der Waals surface area (Å²) in [5, 5.41) is 4.48. The summed E-state index contributed by atoms with van der Waals surface area (Å²) in [5.41, 5.74) is 2.90. The Kier molecular flexibility index (Phi) is 9.24. The maximum atomic E-state index is 13.4. The van der Waals surface area contributed by atoms with Crippen LogP contribution in [0.25, 0.3) is 0 Å². The third kappa shape index (κ3) is 7.34. The highest BCUT2D eigenvalue weighted by molar-refractivity contribution is 7.12. The highest BCUT2D eigenvalue weighted by atomic mass is 35.5. The first-order chi connectivity index (χ1) is 19.5. The predicted molar refractivity (Wildman–Crippen MR) is 158 cm³/mol. The summed E-state index contributed by atoms with van der Waals surface area (Å²) in [6.07, 6.45) is 3.43. The van der Waals surface area contributed by atoms with Crippen LogP contribution < -0.4 is 10.1 Å². The predicted octanol–water partition coefficient (Wildman–Crippen LogP) is 5.89. The second-order valence-electron chi connectivity index (χ2n) is 9.46. The summed E-state index contributed by atoms with van der Waals surface area (Å²) >= 11 is 8.10. The molecule has 0 bridgehead atoms. The quantitative estimate of drug-likeness (QED) is 0.262. The van der Waals surface area contributed by atoms with Crippen molar-refractivity contribution in [2.24, 2.45) is 0 Å². The number of ether oxygens (including phenoxy) is 1. The Morgan fingerprint density at radius 1 is 1.05 bits per heavy atom. The zero-order valence-corrected chi connectivity index (χ0v) is 24.0. The number of aryl methyl sites for hydroxylation is 1. The Morgan fingerprint density at radius 2 is 1.88 bits per heavy atom. The fourth-order valence-electron chi connectivity index (χ4n) is 4.38. The van der Waals surface area contributed by atoms with Crippen LogP contribution in [0.5, 0.6) is 5.75 Å². The van der Waals surface area contributed by atoms with Gasteiger partial charge in [-0.1, -0.05) is 36.6 Å². The zero-order chi connectivity index (χ0) is 27.9. The fourth-order valence-corrected chi connectivity index (χ4v) is 5.42. The van der Waals surface area contributed by atoms with Gasteiger partial charge in [0.2, 0.25) is 0 Å². The molecule has 1 fully saturated rings. The monoisotopic (exact) mass is 576 g/mol. The Labute approximate surface area is 243 Å². The maximum absolute atomic E-state index is 13.4. The second-order valence-corrected chi connectivity index (χ2v) is 11.0. The van der Waals surface area contributed by atoms with E-state index in [1.54, 1.807) is 35.6 Å². The highest BCUT2D eigenvalue weighted by Crippen LogP contribution is 2.30. The molecule has 0 saturated carbocycles. The van der Waals surface area contributed by atoms with Crippen molar-refractivity contribution in [3.05, 3.63) is 92.5 Å². The van der Waals surface area contributed by atoms with Gasteiger partial charge in [-0.25, -0.2) is 19.3 Å². The van der Waals surface area contributed by atoms with Crippen molar-refractivity contribution in [1.82, 2.24) is 24.8 Å². The number of halogens is 2. The van der Waals surface area contributed by atoms with Crippen molar-refractivity contribution in [3.8, 4) is 17.6 Å². The number of aromatic nitrogens is 3. The Balaban J connectivity index is 1.24. The molecule has 10 heteroatoms. The van der Waals surface area contributed by atoms with E-state index in [1.807, 2.05) is 19.2 Å². The molecule has 7 nitrogen and oxygen atoms in total. The molecule has 2 aromatic heterocycles. The molecule has 4 aromatic rings. The summed E-state index contributed by atoms with van der Waals surface area (Å²) in [7, 11) is 0. The Bertz CT molecular complexity index is 1530. The van der Waals surface area contributed by atoms with Crippen LogP contribution >= 0.6 is 22.9 Å². The summed E-state index contributed by atoms with van der Waals surface area (Å²) < 4.78 is 19.2. The molecule has 5 rings (SSSR count). The SMILES string of the molecule is CCN1CCN(Cc2cnc(C#Cc3c(C)ncnc3Nc3ccc(OCc4cccc(F)c4)c(Cl)c3)s2)CC1. The van der Waals surface area contributed by atoms with Crippen molar-refractivity contribution >= 4 is 34.4 Å². The number of anilines is 2. The number of thiazole rings is 1. The maximum Gasteiger partial charge on any atom is 0.167 e. The van der Waals surface area contributed by atoms with Gasteiger partial charge in [0, 0.05) is 49.5 Å². The van der Waals surface area contributed by atoms with Crippen LogP contribution in [0, 0.1) is 24.6 Å². The second kappa shape index (κ2) is 13.2. The van der Waals surface area contributed by atoms with Gasteiger partial charge in [-0.15, -0.1) is 11.3 Å². The van der Waals surface area contributed by atoms with E-state index >= 15 is 0 Å². The lowest BCUT2D eigenvalue weighted by Gasteiger charge is -2.33. The molecule has 3 heterocycles. The lowest BCUT2D eigenvalue weighted by molar-refractivity contribution is 0.133. The van der Waals surface area contributed by atoms with Crippen molar-refractivity contribution in [2.75, 3.05) is 38.0 Å². The highest BCUT2D eigenvalue weighted by Gasteiger charge is 2.16. The summed E-state index contributed by atoms with van der Waals surface area (Å²) in [4.78, 5) is 19.4. The summed E-state index contributed by atoms with van der Waals surface area (Å²) in [6, 6.07) is 11.6. The van der Waals surface area contributed by atoms with Gasteiger partial charge < -0.3 is 15.0 Å². The molecule has 206 valence electrons. The van der Waals surface area contributed by atoms with Gasteiger partial charge in [-0.2, -0.15) is 0 Å². The first-order valence-corrected chi connectivity index (χ1v) is 14.3. The molecule has 0 unspecified atom stereocenters. The van der Waals surface area contributed by atoms with E-state index in [0.717, 1.165) is 61.2 Å². The largest absolute Gasteiger partial charge is 0.487 e. The van der Waals surface area contributed by atoms with E-state index in [1.165, 1.54) is 23.3 Å². The molecule has 1 saturated heterocycles. The third-order valence-corrected chi connectivity index (χ3v) is 7.85. The minimum atomic E-state index is -0.304. The molecule has 1 aliphatic rings. The van der Waals surface area contributed by atoms with Crippen LogP contribution in [0.2, 0.25) is 5.02 Å². The van der Waals surface area contributed by atoms with Crippen LogP contribution in [-0.4, -0.2) is 57.5 Å². The summed E-state index contributed by atoms with van der Waals surface area (Å²) in [6.45, 7) is 10.7. The number of piperazine rings is 1. The number of hydrogen-bond acceptors (Lipinski definition) is 8. The normalized spacial score (nSPS) is 14.0. The molecule has 2 aromatic carbocycles. The lowest BCUT2D eigenvalue weighted by atomic mass is 10.2. The van der Waals surface area contributed by atoms with Crippen molar-refractivity contribution in [3.63, 3.8) is 0 Å². The number of nitrogens with zero attached hydrogens (tertiary/aromatic N) is 5. The Hall–Kier alpha value is -3.55. The molecular weight excluding hydrogens is 547 g/mol. The molecule has 0 radical (unpaired) electrons. The average molecular weight is 577 g/mol. The van der Waals surface area contributed by atoms with E-state index < -0.39 is 0 Å². The first-order valence-electron chi connectivity index (χ1n) is 13.1. The third-order valence-electron chi connectivity index (χ3n) is 6.65. The molecule has 0 spiro atoms. The minimum absolute atomic E-state index is 0.211. The van der Waals surface area contributed by atoms with Crippen LogP contribution in [0.3, 0.4) is 0 Å². The number of hydrogen-bond donors (Lipinski definition) is 1. The van der Waals surface area contributed by atoms with Gasteiger partial charge in [0.15, 0.2) is 5.01 Å². The molecule has 0 atom stereocenters. The Morgan fingerprint density at radius 3 is 2.65 bits per heavy atom. The van der Waals surface area contributed by atoms with Crippen LogP contribution in [0.15, 0.2) is 55.0 Å². The molecule has 1 N–H and O–H groups in total. The molecule has 0 aliphatic carbocycles. The number of likely N-dealkylation sites (N-methyl/N-ethyl adjacent to an activating group) is 1. The van der Waals surface area contributed by atoms with Gasteiger partial charge in [-0.3, -0.25) is 4.90 Å². The molecular formula is C30H30ClFN6OS.